The first kappa shape index (κ1) is 18.0. The van der Waals surface area contributed by atoms with Crippen LogP contribution < -0.4 is 5.32 Å². The van der Waals surface area contributed by atoms with Gasteiger partial charge >= 0.3 is 0 Å². The summed E-state index contributed by atoms with van der Waals surface area (Å²) in [6.45, 7) is 3.60. The fourth-order valence-corrected chi connectivity index (χ4v) is 2.11. The van der Waals surface area contributed by atoms with Crippen molar-refractivity contribution in [2.75, 3.05) is 53.7 Å². The zero-order valence-electron chi connectivity index (χ0n) is 12.9. The molecule has 0 bridgehead atoms. The molecule has 5 heteroatoms. The third-order valence-corrected chi connectivity index (χ3v) is 3.21. The molecule has 1 N–H and O–H groups in total. The molecule has 0 saturated heterocycles. The lowest BCUT2D eigenvalue weighted by atomic mass is 9.95. The van der Waals surface area contributed by atoms with Gasteiger partial charge in [-0.15, -0.1) is 0 Å². The Labute approximate surface area is 126 Å². The molecule has 120 valence electrons. The van der Waals surface area contributed by atoms with E-state index in [1.165, 1.54) is 6.07 Å². The van der Waals surface area contributed by atoms with Gasteiger partial charge in [-0.3, -0.25) is 0 Å². The Hall–Kier alpha value is -1.01. The molecule has 0 heterocycles. The Morgan fingerprint density at radius 2 is 1.71 bits per heavy atom. The second kappa shape index (κ2) is 11.6. The molecule has 0 aliphatic heterocycles. The largest absolute Gasteiger partial charge is 0.382 e. The van der Waals surface area contributed by atoms with Crippen LogP contribution in [-0.2, 0) is 14.2 Å². The topological polar surface area (TPSA) is 39.7 Å². The van der Waals surface area contributed by atoms with Gasteiger partial charge in [0.1, 0.15) is 5.82 Å². The van der Waals surface area contributed by atoms with Crippen molar-refractivity contribution in [2.45, 2.75) is 12.3 Å². The Bertz CT molecular complexity index is 376. The van der Waals surface area contributed by atoms with Crippen molar-refractivity contribution >= 4 is 0 Å². The molecule has 0 aromatic heterocycles. The molecule has 0 amide bonds. The molecule has 0 radical (unpaired) electrons. The van der Waals surface area contributed by atoms with Crippen LogP contribution in [-0.4, -0.2) is 53.7 Å². The monoisotopic (exact) mass is 299 g/mol. The van der Waals surface area contributed by atoms with E-state index in [2.05, 4.69) is 5.32 Å². The minimum atomic E-state index is -0.152. The van der Waals surface area contributed by atoms with Crippen molar-refractivity contribution in [3.63, 3.8) is 0 Å². The van der Waals surface area contributed by atoms with Crippen LogP contribution in [0.3, 0.4) is 0 Å². The number of benzene rings is 1. The molecule has 0 saturated carbocycles. The number of halogens is 1. The van der Waals surface area contributed by atoms with Crippen LogP contribution in [0.15, 0.2) is 24.3 Å². The lowest BCUT2D eigenvalue weighted by molar-refractivity contribution is 0.0232. The Kier molecular flexibility index (Phi) is 9.99. The molecule has 1 aromatic rings. The van der Waals surface area contributed by atoms with E-state index in [4.69, 9.17) is 14.2 Å². The van der Waals surface area contributed by atoms with Crippen molar-refractivity contribution < 1.29 is 18.6 Å². The van der Waals surface area contributed by atoms with Crippen LogP contribution in [0, 0.1) is 5.82 Å². The normalized spacial score (nSPS) is 12.5. The van der Waals surface area contributed by atoms with Gasteiger partial charge in [-0.1, -0.05) is 18.2 Å². The summed E-state index contributed by atoms with van der Waals surface area (Å²) in [5.74, 6) is -0.0359. The highest BCUT2D eigenvalue weighted by atomic mass is 19.1. The van der Waals surface area contributed by atoms with Crippen LogP contribution in [0.5, 0.6) is 0 Å². The van der Waals surface area contributed by atoms with E-state index in [9.17, 15) is 4.39 Å². The lowest BCUT2D eigenvalue weighted by Crippen LogP contribution is -2.20. The van der Waals surface area contributed by atoms with E-state index in [0.717, 1.165) is 18.5 Å². The molecular weight excluding hydrogens is 273 g/mol. The first-order chi connectivity index (χ1) is 10.3. The maximum atomic E-state index is 13.8. The lowest BCUT2D eigenvalue weighted by Gasteiger charge is -2.17. The Balaban J connectivity index is 2.25. The van der Waals surface area contributed by atoms with Gasteiger partial charge in [0.05, 0.1) is 26.4 Å². The fourth-order valence-electron chi connectivity index (χ4n) is 2.11. The Morgan fingerprint density at radius 3 is 2.38 bits per heavy atom. The third kappa shape index (κ3) is 7.52. The van der Waals surface area contributed by atoms with Crippen molar-refractivity contribution in [2.24, 2.45) is 0 Å². The molecule has 1 atom stereocenters. The predicted octanol–water partition coefficient (Wildman–Crippen LogP) is 2.20. The number of likely N-dealkylation sites (N-methyl/N-ethyl adjacent to an activating group) is 1. The van der Waals surface area contributed by atoms with Gasteiger partial charge < -0.3 is 19.5 Å². The second-order valence-electron chi connectivity index (χ2n) is 4.78. The van der Waals surface area contributed by atoms with Crippen LogP contribution in [0.1, 0.15) is 17.9 Å². The summed E-state index contributed by atoms with van der Waals surface area (Å²) in [5, 5.41) is 3.11. The van der Waals surface area contributed by atoms with E-state index in [1.807, 2.05) is 19.2 Å². The van der Waals surface area contributed by atoms with Crippen molar-refractivity contribution in [1.29, 1.82) is 0 Å². The first-order valence-electron chi connectivity index (χ1n) is 7.33. The van der Waals surface area contributed by atoms with Crippen LogP contribution in [0.25, 0.3) is 0 Å². The zero-order valence-corrected chi connectivity index (χ0v) is 12.9. The third-order valence-electron chi connectivity index (χ3n) is 3.21. The van der Waals surface area contributed by atoms with E-state index in [1.54, 1.807) is 13.2 Å². The molecule has 4 nitrogen and oxygen atoms in total. The molecule has 0 spiro atoms. The van der Waals surface area contributed by atoms with E-state index < -0.39 is 0 Å². The highest BCUT2D eigenvalue weighted by Gasteiger charge is 2.14. The highest BCUT2D eigenvalue weighted by Crippen LogP contribution is 2.21. The summed E-state index contributed by atoms with van der Waals surface area (Å²) in [5.41, 5.74) is 0.742. The van der Waals surface area contributed by atoms with Gasteiger partial charge in [0.15, 0.2) is 0 Å². The molecular formula is C16H26FNO3. The van der Waals surface area contributed by atoms with E-state index >= 15 is 0 Å². The van der Waals surface area contributed by atoms with Crippen LogP contribution in [0.2, 0.25) is 0 Å². The molecule has 1 aromatic carbocycles. The summed E-state index contributed by atoms with van der Waals surface area (Å²) in [6, 6.07) is 6.92. The fraction of sp³-hybridized carbons (Fsp3) is 0.625. The maximum Gasteiger partial charge on any atom is 0.126 e. The SMILES string of the molecule is CNCC(CCOCCOCCOC)c1ccccc1F. The van der Waals surface area contributed by atoms with Gasteiger partial charge in [0.2, 0.25) is 0 Å². The molecule has 21 heavy (non-hydrogen) atoms. The molecule has 0 fully saturated rings. The van der Waals surface area contributed by atoms with Crippen molar-refractivity contribution in [3.8, 4) is 0 Å². The summed E-state index contributed by atoms with van der Waals surface area (Å²) < 4.78 is 29.5. The average Bonchev–Trinajstić information content (AvgIpc) is 2.49. The number of methoxy groups -OCH3 is 1. The summed E-state index contributed by atoms with van der Waals surface area (Å²) in [4.78, 5) is 0. The van der Waals surface area contributed by atoms with E-state index in [-0.39, 0.29) is 11.7 Å². The highest BCUT2D eigenvalue weighted by molar-refractivity contribution is 5.22. The van der Waals surface area contributed by atoms with Gasteiger partial charge in [-0.05, 0) is 25.1 Å². The predicted molar refractivity (Wildman–Crippen MR) is 81.2 cm³/mol. The molecule has 0 aliphatic rings. The number of ether oxygens (including phenoxy) is 3. The molecule has 0 aliphatic carbocycles. The van der Waals surface area contributed by atoms with Crippen molar-refractivity contribution in [3.05, 3.63) is 35.6 Å². The van der Waals surface area contributed by atoms with Gasteiger partial charge in [-0.2, -0.15) is 0 Å². The van der Waals surface area contributed by atoms with Gasteiger partial charge in [0.25, 0.3) is 0 Å². The summed E-state index contributed by atoms with van der Waals surface area (Å²) in [6.07, 6.45) is 0.778. The quantitative estimate of drug-likeness (QED) is 0.601. The van der Waals surface area contributed by atoms with Crippen LogP contribution in [0.4, 0.5) is 4.39 Å². The molecule has 1 unspecified atom stereocenters. The van der Waals surface area contributed by atoms with Gasteiger partial charge in [0, 0.05) is 26.2 Å². The van der Waals surface area contributed by atoms with Crippen LogP contribution >= 0.6 is 0 Å². The molecule has 1 rings (SSSR count). The summed E-state index contributed by atoms with van der Waals surface area (Å²) in [7, 11) is 3.52. The number of hydrogen-bond acceptors (Lipinski definition) is 4. The van der Waals surface area contributed by atoms with Crippen molar-refractivity contribution in [1.82, 2.24) is 5.32 Å². The standard InChI is InChI=1S/C16H26FNO3/c1-18-13-14(15-5-3-4-6-16(15)17)7-8-20-11-12-21-10-9-19-2/h3-6,14,18H,7-13H2,1-2H3. The maximum absolute atomic E-state index is 13.8. The minimum Gasteiger partial charge on any atom is -0.382 e. The minimum absolute atomic E-state index is 0.116. The smallest absolute Gasteiger partial charge is 0.126 e. The van der Waals surface area contributed by atoms with Gasteiger partial charge in [-0.25, -0.2) is 4.39 Å². The Morgan fingerprint density at radius 1 is 1.05 bits per heavy atom. The van der Waals surface area contributed by atoms with E-state index in [0.29, 0.717) is 33.0 Å². The number of hydrogen-bond donors (Lipinski definition) is 1. The summed E-state index contributed by atoms with van der Waals surface area (Å²) >= 11 is 0. The first-order valence-corrected chi connectivity index (χ1v) is 7.33. The zero-order chi connectivity index (χ0) is 15.3. The number of rotatable bonds is 12. The second-order valence-corrected chi connectivity index (χ2v) is 4.78. The average molecular weight is 299 g/mol. The number of nitrogens with one attached hydrogen (secondary N) is 1.